The summed E-state index contributed by atoms with van der Waals surface area (Å²) in [6.07, 6.45) is 7.58. The van der Waals surface area contributed by atoms with E-state index in [9.17, 15) is 4.79 Å². The molecule has 0 bridgehead atoms. The number of aromatic nitrogens is 2. The number of nitrogens with zero attached hydrogens (tertiary/aromatic N) is 2. The molecule has 0 unspecified atom stereocenters. The Balaban J connectivity index is 2.38. The monoisotopic (exact) mass is 301 g/mol. The van der Waals surface area contributed by atoms with Crippen molar-refractivity contribution in [1.29, 1.82) is 0 Å². The molecule has 0 aliphatic rings. The average molecular weight is 302 g/mol. The fourth-order valence-corrected chi connectivity index (χ4v) is 2.47. The first-order chi connectivity index (χ1) is 9.19. The van der Waals surface area contributed by atoms with Crippen LogP contribution >= 0.6 is 23.4 Å². The van der Waals surface area contributed by atoms with E-state index in [4.69, 9.17) is 11.6 Å². The van der Waals surface area contributed by atoms with Crippen LogP contribution in [0.3, 0.4) is 0 Å². The molecule has 19 heavy (non-hydrogen) atoms. The second-order valence-corrected chi connectivity index (χ2v) is 5.62. The number of anilines is 1. The SMILES string of the molecule is CSCCCCCCNc1nc(C)nc(Cl)c1C=O. The van der Waals surface area contributed by atoms with Gasteiger partial charge >= 0.3 is 0 Å². The van der Waals surface area contributed by atoms with Crippen molar-refractivity contribution in [2.45, 2.75) is 32.6 Å². The van der Waals surface area contributed by atoms with Crippen molar-refractivity contribution in [2.24, 2.45) is 0 Å². The van der Waals surface area contributed by atoms with Gasteiger partial charge in [-0.3, -0.25) is 4.79 Å². The van der Waals surface area contributed by atoms with Gasteiger partial charge in [0.15, 0.2) is 6.29 Å². The first-order valence-electron chi connectivity index (χ1n) is 6.41. The number of aryl methyl sites for hydroxylation is 1. The van der Waals surface area contributed by atoms with Gasteiger partial charge in [-0.25, -0.2) is 9.97 Å². The summed E-state index contributed by atoms with van der Waals surface area (Å²) < 4.78 is 0. The molecule has 0 radical (unpaired) electrons. The number of nitrogens with one attached hydrogen (secondary N) is 1. The van der Waals surface area contributed by atoms with Crippen LogP contribution < -0.4 is 5.32 Å². The van der Waals surface area contributed by atoms with Crippen LogP contribution in [0.5, 0.6) is 0 Å². The molecule has 4 nitrogen and oxygen atoms in total. The third kappa shape index (κ3) is 5.78. The van der Waals surface area contributed by atoms with E-state index < -0.39 is 0 Å². The zero-order chi connectivity index (χ0) is 14.1. The quantitative estimate of drug-likeness (QED) is 0.429. The lowest BCUT2D eigenvalue weighted by atomic mass is 10.2. The van der Waals surface area contributed by atoms with E-state index in [-0.39, 0.29) is 5.15 Å². The van der Waals surface area contributed by atoms with Gasteiger partial charge in [-0.1, -0.05) is 24.4 Å². The van der Waals surface area contributed by atoms with Crippen molar-refractivity contribution in [2.75, 3.05) is 23.9 Å². The number of aldehydes is 1. The number of halogens is 1. The fraction of sp³-hybridized carbons (Fsp3) is 0.615. The summed E-state index contributed by atoms with van der Waals surface area (Å²) in [5.74, 6) is 2.33. The van der Waals surface area contributed by atoms with Crippen molar-refractivity contribution in [3.8, 4) is 0 Å². The maximum atomic E-state index is 11.0. The van der Waals surface area contributed by atoms with Crippen molar-refractivity contribution >= 4 is 35.5 Å². The van der Waals surface area contributed by atoms with Crippen LogP contribution in [0, 0.1) is 6.92 Å². The minimum atomic E-state index is 0.213. The van der Waals surface area contributed by atoms with Gasteiger partial charge in [-0.2, -0.15) is 11.8 Å². The summed E-state index contributed by atoms with van der Waals surface area (Å²) in [6, 6.07) is 0. The summed E-state index contributed by atoms with van der Waals surface area (Å²) in [7, 11) is 0. The minimum Gasteiger partial charge on any atom is -0.369 e. The molecule has 0 aromatic carbocycles. The van der Waals surface area contributed by atoms with E-state index in [0.717, 1.165) is 13.0 Å². The zero-order valence-electron chi connectivity index (χ0n) is 11.4. The Morgan fingerprint density at radius 3 is 2.68 bits per heavy atom. The maximum absolute atomic E-state index is 11.0. The van der Waals surface area contributed by atoms with E-state index >= 15 is 0 Å². The number of unbranched alkanes of at least 4 members (excludes halogenated alkanes) is 3. The Morgan fingerprint density at radius 2 is 2.00 bits per heavy atom. The van der Waals surface area contributed by atoms with Crippen molar-refractivity contribution in [3.05, 3.63) is 16.5 Å². The Kier molecular flexibility index (Phi) is 7.82. The standard InChI is InChI=1S/C13H20ClN3OS/c1-10-16-12(14)11(9-18)13(17-10)15-7-5-3-4-6-8-19-2/h9H,3-8H2,1-2H3,(H,15,16,17). The van der Waals surface area contributed by atoms with E-state index in [1.165, 1.54) is 25.0 Å². The molecule has 1 rings (SSSR count). The summed E-state index contributed by atoms with van der Waals surface area (Å²) in [5.41, 5.74) is 0.342. The zero-order valence-corrected chi connectivity index (χ0v) is 13.0. The van der Waals surface area contributed by atoms with E-state index in [2.05, 4.69) is 21.5 Å². The van der Waals surface area contributed by atoms with Gasteiger partial charge < -0.3 is 5.32 Å². The molecule has 1 aromatic heterocycles. The lowest BCUT2D eigenvalue weighted by Crippen LogP contribution is -2.08. The van der Waals surface area contributed by atoms with Crippen LogP contribution in [0.2, 0.25) is 5.15 Å². The normalized spacial score (nSPS) is 10.5. The van der Waals surface area contributed by atoms with Crippen LogP contribution in [0.4, 0.5) is 5.82 Å². The molecule has 0 fully saturated rings. The molecule has 0 saturated carbocycles. The van der Waals surface area contributed by atoms with Crippen molar-refractivity contribution in [3.63, 3.8) is 0 Å². The van der Waals surface area contributed by atoms with Gasteiger partial charge in [0, 0.05) is 6.54 Å². The summed E-state index contributed by atoms with van der Waals surface area (Å²) >= 11 is 7.79. The molecular formula is C13H20ClN3OS. The molecule has 0 spiro atoms. The Hall–Kier alpha value is -0.810. The summed E-state index contributed by atoms with van der Waals surface area (Å²) in [5, 5.41) is 3.38. The molecule has 1 N–H and O–H groups in total. The number of carbonyl (C=O) groups is 1. The molecule has 0 aliphatic carbocycles. The second kappa shape index (κ2) is 9.15. The number of carbonyl (C=O) groups excluding carboxylic acids is 1. The Bertz CT molecular complexity index is 415. The Labute approximate surface area is 123 Å². The molecule has 0 atom stereocenters. The molecule has 0 saturated heterocycles. The predicted octanol–water partition coefficient (Wildman–Crippen LogP) is 3.59. The number of thioether (sulfide) groups is 1. The van der Waals surface area contributed by atoms with Gasteiger partial charge in [-0.15, -0.1) is 0 Å². The smallest absolute Gasteiger partial charge is 0.156 e. The first-order valence-corrected chi connectivity index (χ1v) is 8.18. The molecule has 106 valence electrons. The predicted molar refractivity (Wildman–Crippen MR) is 82.5 cm³/mol. The highest BCUT2D eigenvalue weighted by Crippen LogP contribution is 2.19. The fourth-order valence-electron chi connectivity index (χ4n) is 1.72. The largest absolute Gasteiger partial charge is 0.369 e. The number of rotatable bonds is 9. The van der Waals surface area contributed by atoms with Crippen molar-refractivity contribution < 1.29 is 4.79 Å². The third-order valence-electron chi connectivity index (χ3n) is 2.70. The number of hydrogen-bond donors (Lipinski definition) is 1. The lowest BCUT2D eigenvalue weighted by Gasteiger charge is -2.09. The average Bonchev–Trinajstić information content (AvgIpc) is 2.37. The van der Waals surface area contributed by atoms with Crippen molar-refractivity contribution in [1.82, 2.24) is 9.97 Å². The highest BCUT2D eigenvalue weighted by Gasteiger charge is 2.10. The van der Waals surface area contributed by atoms with Gasteiger partial charge in [0.1, 0.15) is 16.8 Å². The highest BCUT2D eigenvalue weighted by molar-refractivity contribution is 7.98. The topological polar surface area (TPSA) is 54.9 Å². The third-order valence-corrected chi connectivity index (χ3v) is 3.68. The van der Waals surface area contributed by atoms with Crippen LogP contribution in [-0.4, -0.2) is 34.8 Å². The molecule has 1 aromatic rings. The summed E-state index contributed by atoms with van der Waals surface area (Å²) in [6.45, 7) is 2.56. The minimum absolute atomic E-state index is 0.213. The van der Waals surface area contributed by atoms with Gasteiger partial charge in [0.05, 0.1) is 5.56 Å². The van der Waals surface area contributed by atoms with Gasteiger partial charge in [0.25, 0.3) is 0 Å². The number of hydrogen-bond acceptors (Lipinski definition) is 5. The molecule has 1 heterocycles. The van der Waals surface area contributed by atoms with E-state index in [0.29, 0.717) is 23.5 Å². The van der Waals surface area contributed by atoms with E-state index in [1.54, 1.807) is 6.92 Å². The molecule has 0 amide bonds. The summed E-state index contributed by atoms with van der Waals surface area (Å²) in [4.78, 5) is 19.1. The first kappa shape index (κ1) is 16.2. The van der Waals surface area contributed by atoms with Gasteiger partial charge in [0.2, 0.25) is 0 Å². The lowest BCUT2D eigenvalue weighted by molar-refractivity contribution is 0.112. The molecular weight excluding hydrogens is 282 g/mol. The van der Waals surface area contributed by atoms with Gasteiger partial charge in [-0.05, 0) is 31.8 Å². The second-order valence-electron chi connectivity index (χ2n) is 4.28. The van der Waals surface area contributed by atoms with E-state index in [1.807, 2.05) is 11.8 Å². The van der Waals surface area contributed by atoms with Crippen LogP contribution in [0.15, 0.2) is 0 Å². The van der Waals surface area contributed by atoms with Crippen LogP contribution in [-0.2, 0) is 0 Å². The Morgan fingerprint density at radius 1 is 1.26 bits per heavy atom. The maximum Gasteiger partial charge on any atom is 0.156 e. The molecule has 6 heteroatoms. The highest BCUT2D eigenvalue weighted by atomic mass is 35.5. The van der Waals surface area contributed by atoms with Crippen LogP contribution in [0.1, 0.15) is 41.9 Å². The molecule has 0 aliphatic heterocycles. The van der Waals surface area contributed by atoms with Crippen LogP contribution in [0.25, 0.3) is 0 Å².